The first-order valence-corrected chi connectivity index (χ1v) is 9.15. The molecule has 122 valence electrons. The summed E-state index contributed by atoms with van der Waals surface area (Å²) in [5, 5.41) is 1.99. The Morgan fingerprint density at radius 1 is 1.22 bits per heavy atom. The van der Waals surface area contributed by atoms with Gasteiger partial charge in [-0.15, -0.1) is 11.8 Å². The molecule has 4 nitrogen and oxygen atoms in total. The maximum atomic E-state index is 12.6. The number of piperidine rings is 1. The number of nitrogens with zero attached hydrogens (tertiary/aromatic N) is 2. The monoisotopic (exact) mass is 330 g/mol. The van der Waals surface area contributed by atoms with Crippen molar-refractivity contribution in [1.29, 1.82) is 0 Å². The average molecular weight is 330 g/mol. The highest BCUT2D eigenvalue weighted by atomic mass is 32.2. The summed E-state index contributed by atoms with van der Waals surface area (Å²) in [4.78, 5) is 28.5. The van der Waals surface area contributed by atoms with E-state index in [4.69, 9.17) is 0 Å². The van der Waals surface area contributed by atoms with Gasteiger partial charge in [0.1, 0.15) is 6.54 Å². The van der Waals surface area contributed by atoms with Crippen LogP contribution in [0.2, 0.25) is 0 Å². The molecule has 0 spiro atoms. The van der Waals surface area contributed by atoms with E-state index in [0.717, 1.165) is 37.2 Å². The molecule has 0 aliphatic carbocycles. The lowest BCUT2D eigenvalue weighted by Gasteiger charge is -2.34. The molecule has 0 N–H and O–H groups in total. The van der Waals surface area contributed by atoms with Crippen LogP contribution >= 0.6 is 11.8 Å². The quantitative estimate of drug-likeness (QED) is 0.856. The van der Waals surface area contributed by atoms with E-state index in [-0.39, 0.29) is 18.4 Å². The van der Waals surface area contributed by atoms with Crippen molar-refractivity contribution in [1.82, 2.24) is 9.80 Å². The third-order valence-corrected chi connectivity index (χ3v) is 5.30. The van der Waals surface area contributed by atoms with Gasteiger partial charge in [-0.1, -0.05) is 37.3 Å². The first-order valence-electron chi connectivity index (χ1n) is 8.10. The van der Waals surface area contributed by atoms with Crippen LogP contribution in [0.3, 0.4) is 0 Å². The van der Waals surface area contributed by atoms with Crippen molar-refractivity contribution in [3.8, 4) is 0 Å². The molecule has 3 rings (SSSR count). The zero-order chi connectivity index (χ0) is 16.2. The van der Waals surface area contributed by atoms with Crippen molar-refractivity contribution in [3.63, 3.8) is 0 Å². The van der Waals surface area contributed by atoms with Gasteiger partial charge in [-0.25, -0.2) is 0 Å². The van der Waals surface area contributed by atoms with Gasteiger partial charge >= 0.3 is 0 Å². The number of hydrogen-bond acceptors (Lipinski definition) is 3. The number of amides is 2. The smallest absolute Gasteiger partial charge is 0.242 e. The molecule has 2 aliphatic rings. The molecule has 0 aromatic heterocycles. The molecule has 2 aliphatic heterocycles. The summed E-state index contributed by atoms with van der Waals surface area (Å²) < 4.78 is 0. The molecule has 1 aromatic carbocycles. The lowest BCUT2D eigenvalue weighted by Crippen LogP contribution is -2.46. The summed E-state index contributed by atoms with van der Waals surface area (Å²) in [6, 6.07) is 9.81. The predicted octanol–water partition coefficient (Wildman–Crippen LogP) is 2.82. The molecular weight excluding hydrogens is 308 g/mol. The highest BCUT2D eigenvalue weighted by molar-refractivity contribution is 8.03. The Morgan fingerprint density at radius 3 is 2.61 bits per heavy atom. The lowest BCUT2D eigenvalue weighted by molar-refractivity contribution is -0.137. The van der Waals surface area contributed by atoms with Gasteiger partial charge in [-0.05, 0) is 29.7 Å². The van der Waals surface area contributed by atoms with Gasteiger partial charge in [0, 0.05) is 13.1 Å². The van der Waals surface area contributed by atoms with Gasteiger partial charge in [-0.3, -0.25) is 9.59 Å². The fraction of sp³-hybridized carbons (Fsp3) is 0.444. The van der Waals surface area contributed by atoms with Crippen molar-refractivity contribution >= 4 is 29.3 Å². The second kappa shape index (κ2) is 7.21. The minimum atomic E-state index is 0.00933. The third kappa shape index (κ3) is 3.78. The van der Waals surface area contributed by atoms with E-state index in [2.05, 4.69) is 6.92 Å². The van der Waals surface area contributed by atoms with E-state index in [9.17, 15) is 9.59 Å². The Labute approximate surface area is 141 Å². The van der Waals surface area contributed by atoms with Crippen molar-refractivity contribution in [2.24, 2.45) is 5.92 Å². The van der Waals surface area contributed by atoms with Crippen molar-refractivity contribution in [3.05, 3.63) is 41.3 Å². The molecule has 2 amide bonds. The average Bonchev–Trinajstić information content (AvgIpc) is 2.58. The van der Waals surface area contributed by atoms with Crippen molar-refractivity contribution in [2.45, 2.75) is 19.8 Å². The number of hydrogen-bond donors (Lipinski definition) is 0. The largest absolute Gasteiger partial charge is 0.341 e. The van der Waals surface area contributed by atoms with E-state index >= 15 is 0 Å². The van der Waals surface area contributed by atoms with Crippen LogP contribution in [0.4, 0.5) is 0 Å². The molecule has 0 saturated carbocycles. The molecule has 1 aromatic rings. The SMILES string of the molecule is CC1CCN(C(=O)CN2C(=O)CSC=C2c2ccccc2)CC1. The molecule has 0 bridgehead atoms. The fourth-order valence-corrected chi connectivity index (χ4v) is 3.77. The normalized spacial score (nSPS) is 19.7. The lowest BCUT2D eigenvalue weighted by atomic mass is 9.99. The van der Waals surface area contributed by atoms with Crippen LogP contribution in [0.1, 0.15) is 25.3 Å². The minimum absolute atomic E-state index is 0.00933. The molecule has 5 heteroatoms. The Morgan fingerprint density at radius 2 is 1.91 bits per heavy atom. The maximum Gasteiger partial charge on any atom is 0.242 e. The van der Waals surface area contributed by atoms with Crippen molar-refractivity contribution < 1.29 is 9.59 Å². The van der Waals surface area contributed by atoms with Gasteiger partial charge in [0.2, 0.25) is 11.8 Å². The van der Waals surface area contributed by atoms with E-state index in [1.807, 2.05) is 40.6 Å². The van der Waals surface area contributed by atoms with Gasteiger partial charge in [0.25, 0.3) is 0 Å². The number of likely N-dealkylation sites (tertiary alicyclic amines) is 1. The summed E-state index contributed by atoms with van der Waals surface area (Å²) in [7, 11) is 0. The zero-order valence-corrected chi connectivity index (χ0v) is 14.2. The summed E-state index contributed by atoms with van der Waals surface area (Å²) >= 11 is 1.49. The minimum Gasteiger partial charge on any atom is -0.341 e. The van der Waals surface area contributed by atoms with E-state index in [1.54, 1.807) is 4.90 Å². The number of carbonyl (C=O) groups excluding carboxylic acids is 2. The first-order chi connectivity index (χ1) is 11.1. The van der Waals surface area contributed by atoms with Crippen LogP contribution in [0.25, 0.3) is 5.70 Å². The Bertz CT molecular complexity index is 607. The van der Waals surface area contributed by atoms with Gasteiger partial charge in [0.15, 0.2) is 0 Å². The van der Waals surface area contributed by atoms with Crippen molar-refractivity contribution in [2.75, 3.05) is 25.4 Å². The van der Waals surface area contributed by atoms with E-state index < -0.39 is 0 Å². The standard InChI is InChI=1S/C18H22N2O2S/c1-14-7-9-19(10-8-14)17(21)11-20-16(12-23-13-18(20)22)15-5-3-2-4-6-15/h2-6,12,14H,7-11,13H2,1H3. The first kappa shape index (κ1) is 16.1. The van der Waals surface area contributed by atoms with Crippen LogP contribution < -0.4 is 0 Å². The van der Waals surface area contributed by atoms with Gasteiger partial charge in [0.05, 0.1) is 11.4 Å². The van der Waals surface area contributed by atoms with Gasteiger partial charge < -0.3 is 9.80 Å². The summed E-state index contributed by atoms with van der Waals surface area (Å²) in [5.74, 6) is 1.15. The number of benzene rings is 1. The second-order valence-corrected chi connectivity index (χ2v) is 7.08. The van der Waals surface area contributed by atoms with Crippen LogP contribution in [0.5, 0.6) is 0 Å². The molecule has 1 fully saturated rings. The Kier molecular flexibility index (Phi) is 5.06. The number of rotatable bonds is 3. The molecular formula is C18H22N2O2S. The summed E-state index contributed by atoms with van der Waals surface area (Å²) in [6.45, 7) is 3.99. The Hall–Kier alpha value is -1.75. The van der Waals surface area contributed by atoms with Crippen LogP contribution in [-0.4, -0.2) is 47.0 Å². The highest BCUT2D eigenvalue weighted by Crippen LogP contribution is 2.28. The van der Waals surface area contributed by atoms with Crippen LogP contribution in [0, 0.1) is 5.92 Å². The molecule has 0 atom stereocenters. The topological polar surface area (TPSA) is 40.6 Å². The predicted molar refractivity (Wildman–Crippen MR) is 93.6 cm³/mol. The fourth-order valence-electron chi connectivity index (χ4n) is 2.97. The maximum absolute atomic E-state index is 12.6. The molecule has 23 heavy (non-hydrogen) atoms. The summed E-state index contributed by atoms with van der Waals surface area (Å²) in [6.07, 6.45) is 2.10. The molecule has 0 unspecified atom stereocenters. The summed E-state index contributed by atoms with van der Waals surface area (Å²) in [5.41, 5.74) is 1.82. The molecule has 1 saturated heterocycles. The molecule has 2 heterocycles. The zero-order valence-electron chi connectivity index (χ0n) is 13.4. The third-order valence-electron chi connectivity index (χ3n) is 4.49. The van der Waals surface area contributed by atoms with Crippen LogP contribution in [-0.2, 0) is 9.59 Å². The Balaban J connectivity index is 1.73. The van der Waals surface area contributed by atoms with E-state index in [0.29, 0.717) is 11.7 Å². The molecule has 0 radical (unpaired) electrons. The highest BCUT2D eigenvalue weighted by Gasteiger charge is 2.28. The second-order valence-electron chi connectivity index (χ2n) is 6.22. The van der Waals surface area contributed by atoms with Crippen LogP contribution in [0.15, 0.2) is 35.7 Å². The van der Waals surface area contributed by atoms with Gasteiger partial charge in [-0.2, -0.15) is 0 Å². The van der Waals surface area contributed by atoms with E-state index in [1.165, 1.54) is 11.8 Å². The number of carbonyl (C=O) groups is 2. The number of thioether (sulfide) groups is 1.